The molecule has 7 nitrogen and oxygen atoms in total. The van der Waals surface area contributed by atoms with Gasteiger partial charge in [-0.3, -0.25) is 19.2 Å². The number of aromatic hydroxyl groups is 1. The lowest BCUT2D eigenvalue weighted by Crippen LogP contribution is -2.29. The molecule has 270 valence electrons. The van der Waals surface area contributed by atoms with Crippen molar-refractivity contribution in [3.05, 3.63) is 136 Å². The molecule has 7 heteroatoms. The molecule has 0 radical (unpaired) electrons. The maximum atomic E-state index is 13.6. The molecule has 0 saturated heterocycles. The molecule has 3 amide bonds. The fraction of sp³-hybridized carbons (Fsp3) is 0.348. The van der Waals surface area contributed by atoms with Gasteiger partial charge in [-0.2, -0.15) is 0 Å². The van der Waals surface area contributed by atoms with Crippen molar-refractivity contribution in [1.82, 2.24) is 4.90 Å². The molecule has 53 heavy (non-hydrogen) atoms. The van der Waals surface area contributed by atoms with Gasteiger partial charge in [0.05, 0.1) is 27.9 Å². The second kappa shape index (κ2) is 13.9. The van der Waals surface area contributed by atoms with Gasteiger partial charge in [-0.25, -0.2) is 4.90 Å². The highest BCUT2D eigenvalue weighted by Gasteiger charge is 2.38. The molecule has 2 saturated carbocycles. The first-order chi connectivity index (χ1) is 25.5. The first kappa shape index (κ1) is 34.8. The summed E-state index contributed by atoms with van der Waals surface area (Å²) in [5, 5.41) is 10.7. The first-order valence-corrected chi connectivity index (χ1v) is 19.1. The van der Waals surface area contributed by atoms with Crippen molar-refractivity contribution >= 4 is 34.9 Å². The van der Waals surface area contributed by atoms with Crippen molar-refractivity contribution in [1.29, 1.82) is 0 Å². The number of imide groups is 1. The summed E-state index contributed by atoms with van der Waals surface area (Å²) in [5.41, 5.74) is 6.12. The Bertz CT molecular complexity index is 2130. The van der Waals surface area contributed by atoms with E-state index >= 15 is 0 Å². The number of fused-ring (bicyclic) bond motifs is 2. The highest BCUT2D eigenvalue weighted by molar-refractivity contribution is 6.35. The average molecular weight is 707 g/mol. The molecule has 4 aromatic carbocycles. The Labute approximate surface area is 311 Å². The average Bonchev–Trinajstić information content (AvgIpc) is 3.54. The lowest BCUT2D eigenvalue weighted by atomic mass is 9.68. The van der Waals surface area contributed by atoms with Gasteiger partial charge in [-0.05, 0) is 142 Å². The number of hydrogen-bond donors (Lipinski definition) is 1. The molecule has 2 aliphatic carbocycles. The molecule has 4 aromatic rings. The predicted molar refractivity (Wildman–Crippen MR) is 206 cm³/mol. The van der Waals surface area contributed by atoms with Crippen LogP contribution < -0.4 is 4.90 Å². The van der Waals surface area contributed by atoms with Crippen molar-refractivity contribution in [2.75, 3.05) is 11.9 Å². The topological polar surface area (TPSA) is 95.0 Å². The first-order valence-electron chi connectivity index (χ1n) is 19.1. The van der Waals surface area contributed by atoms with Crippen LogP contribution in [-0.4, -0.2) is 40.6 Å². The minimum atomic E-state index is -0.556. The van der Waals surface area contributed by atoms with Crippen molar-refractivity contribution in [2.24, 2.45) is 23.7 Å². The molecule has 0 aromatic heterocycles. The zero-order chi connectivity index (χ0) is 37.0. The Morgan fingerprint density at radius 1 is 0.660 bits per heavy atom. The summed E-state index contributed by atoms with van der Waals surface area (Å²) in [5.74, 6) is 1.09. The number of hydrogen-bond acceptors (Lipinski definition) is 5. The fourth-order valence-corrected chi connectivity index (χ4v) is 9.34. The zero-order valence-electron chi connectivity index (χ0n) is 30.6. The van der Waals surface area contributed by atoms with Crippen LogP contribution in [0.1, 0.15) is 121 Å². The third-order valence-electron chi connectivity index (χ3n) is 12.6. The van der Waals surface area contributed by atoms with Gasteiger partial charge in [-0.1, -0.05) is 54.6 Å². The van der Waals surface area contributed by atoms with Crippen LogP contribution in [0.4, 0.5) is 5.69 Å². The van der Waals surface area contributed by atoms with Crippen molar-refractivity contribution in [2.45, 2.75) is 71.1 Å². The number of benzene rings is 4. The van der Waals surface area contributed by atoms with Crippen molar-refractivity contribution in [3.63, 3.8) is 0 Å². The summed E-state index contributed by atoms with van der Waals surface area (Å²) in [7, 11) is 1.58. The van der Waals surface area contributed by atoms with E-state index in [1.165, 1.54) is 110 Å². The molecule has 2 aliphatic heterocycles. The second-order valence-electron chi connectivity index (χ2n) is 15.9. The van der Waals surface area contributed by atoms with Gasteiger partial charge in [0.2, 0.25) is 0 Å². The van der Waals surface area contributed by atoms with Crippen LogP contribution in [0.2, 0.25) is 0 Å². The van der Waals surface area contributed by atoms with Gasteiger partial charge in [0, 0.05) is 23.9 Å². The maximum Gasteiger partial charge on any atom is 0.266 e. The van der Waals surface area contributed by atoms with Crippen LogP contribution in [0.25, 0.3) is 5.70 Å². The summed E-state index contributed by atoms with van der Waals surface area (Å²) in [6, 6.07) is 23.9. The Morgan fingerprint density at radius 3 is 1.77 bits per heavy atom. The van der Waals surface area contributed by atoms with Crippen molar-refractivity contribution < 1.29 is 24.3 Å². The maximum absolute atomic E-state index is 13.6. The SMILES string of the molecule is C=C1c2cc(O)c(C(=O)c3ccc4c(c3)C(=O)N(c3ccc(CC5CCC(C6CCC(Cc7ccc(C)cc7)CC6)CC5)cc3)C4=O)cc2C(=O)N1C. The quantitative estimate of drug-likeness (QED) is 0.146. The number of carbonyl (C=O) groups is 4. The number of nitrogens with zero attached hydrogens (tertiary/aromatic N) is 2. The standard InChI is InChI=1S/C46H46N2O5/c1-27-4-6-29(7-5-27)22-30-8-14-33(15-9-30)34-16-10-31(11-17-34)23-32-12-19-36(20-13-32)48-45(52)37-21-18-35(24-39(37)46(48)53)43(50)41-25-40-38(26-42(41)49)28(2)47(3)44(40)51/h4-7,12-13,18-21,24-26,30-31,33-34,49H,2,8-11,14-17,22-23H2,1,3H3. The molecule has 0 unspecified atom stereocenters. The minimum absolute atomic E-state index is 0.0606. The van der Waals surface area contributed by atoms with Crippen LogP contribution in [0.3, 0.4) is 0 Å². The molecule has 0 spiro atoms. The Morgan fingerprint density at radius 2 is 1.19 bits per heavy atom. The number of carbonyl (C=O) groups excluding carboxylic acids is 4. The van der Waals surface area contributed by atoms with E-state index in [1.54, 1.807) is 7.05 Å². The third-order valence-corrected chi connectivity index (χ3v) is 12.6. The second-order valence-corrected chi connectivity index (χ2v) is 15.9. The summed E-state index contributed by atoms with van der Waals surface area (Å²) < 4.78 is 0. The molecular weight excluding hydrogens is 661 g/mol. The minimum Gasteiger partial charge on any atom is -0.507 e. The van der Waals surface area contributed by atoms with E-state index in [0.717, 1.165) is 29.1 Å². The van der Waals surface area contributed by atoms with E-state index in [2.05, 4.69) is 37.8 Å². The van der Waals surface area contributed by atoms with Crippen molar-refractivity contribution in [3.8, 4) is 5.75 Å². The van der Waals surface area contributed by atoms with E-state index in [-0.39, 0.29) is 39.5 Å². The van der Waals surface area contributed by atoms with E-state index < -0.39 is 17.6 Å². The summed E-state index contributed by atoms with van der Waals surface area (Å²) in [6.07, 6.45) is 12.8. The van der Waals surface area contributed by atoms with E-state index in [1.807, 2.05) is 24.3 Å². The van der Waals surface area contributed by atoms with Crippen LogP contribution in [-0.2, 0) is 12.8 Å². The van der Waals surface area contributed by atoms with Gasteiger partial charge < -0.3 is 10.0 Å². The number of phenols is 1. The third kappa shape index (κ3) is 6.51. The summed E-state index contributed by atoms with van der Waals surface area (Å²) in [4.78, 5) is 55.8. The normalized spacial score (nSPS) is 22.7. The fourth-order valence-electron chi connectivity index (χ4n) is 9.34. The van der Waals surface area contributed by atoms with Crippen LogP contribution in [0, 0.1) is 30.6 Å². The number of aryl methyl sites for hydroxylation is 1. The lowest BCUT2D eigenvalue weighted by molar-refractivity contribution is 0.0872. The summed E-state index contributed by atoms with van der Waals surface area (Å²) in [6.45, 7) is 6.03. The molecule has 1 N–H and O–H groups in total. The molecular formula is C46H46N2O5. The number of rotatable bonds is 8. The van der Waals surface area contributed by atoms with Gasteiger partial charge in [0.1, 0.15) is 5.75 Å². The molecule has 4 aliphatic rings. The number of amides is 3. The molecule has 2 fully saturated rings. The largest absolute Gasteiger partial charge is 0.507 e. The molecule has 0 atom stereocenters. The zero-order valence-corrected chi connectivity index (χ0v) is 30.6. The smallest absolute Gasteiger partial charge is 0.266 e. The Hall–Kier alpha value is -5.30. The predicted octanol–water partition coefficient (Wildman–Crippen LogP) is 9.19. The monoisotopic (exact) mass is 706 g/mol. The van der Waals surface area contributed by atoms with Crippen LogP contribution >= 0.6 is 0 Å². The highest BCUT2D eigenvalue weighted by atomic mass is 16.3. The number of phenolic OH excluding ortho intramolecular Hbond substituents is 1. The van der Waals surface area contributed by atoms with E-state index in [4.69, 9.17) is 0 Å². The lowest BCUT2D eigenvalue weighted by Gasteiger charge is -2.38. The highest BCUT2D eigenvalue weighted by Crippen LogP contribution is 2.43. The summed E-state index contributed by atoms with van der Waals surface area (Å²) >= 11 is 0. The van der Waals surface area contributed by atoms with Crippen LogP contribution in [0.15, 0.2) is 85.4 Å². The molecule has 2 heterocycles. The van der Waals surface area contributed by atoms with Crippen LogP contribution in [0.5, 0.6) is 5.75 Å². The van der Waals surface area contributed by atoms with Gasteiger partial charge in [-0.15, -0.1) is 0 Å². The van der Waals surface area contributed by atoms with E-state index in [9.17, 15) is 24.3 Å². The van der Waals surface area contributed by atoms with Gasteiger partial charge in [0.15, 0.2) is 5.78 Å². The molecule has 8 rings (SSSR count). The Balaban J connectivity index is 0.863. The van der Waals surface area contributed by atoms with Gasteiger partial charge >= 0.3 is 0 Å². The number of anilines is 1. The Kier molecular flexibility index (Phi) is 9.13. The van der Waals surface area contributed by atoms with E-state index in [0.29, 0.717) is 22.9 Å². The van der Waals surface area contributed by atoms with Gasteiger partial charge in [0.25, 0.3) is 17.7 Å². The molecule has 0 bridgehead atoms. The number of ketones is 1.